The zero-order chi connectivity index (χ0) is 12.4. The lowest BCUT2D eigenvalue weighted by Gasteiger charge is -2.00. The summed E-state index contributed by atoms with van der Waals surface area (Å²) in [4.78, 5) is 11.9. The molecule has 1 aromatic heterocycles. The van der Waals surface area contributed by atoms with Crippen LogP contribution in [0, 0.1) is 12.7 Å². The summed E-state index contributed by atoms with van der Waals surface area (Å²) in [5, 5.41) is 0. The Morgan fingerprint density at radius 2 is 2.12 bits per heavy atom. The van der Waals surface area contributed by atoms with Crippen LogP contribution in [0.1, 0.15) is 27.4 Å². The van der Waals surface area contributed by atoms with Crippen molar-refractivity contribution in [2.45, 2.75) is 13.5 Å². The number of hydrogen-bond donors (Lipinski definition) is 1. The molecule has 1 heterocycles. The first kappa shape index (κ1) is 11.5. The number of furan rings is 1. The van der Waals surface area contributed by atoms with Gasteiger partial charge in [-0.05, 0) is 30.7 Å². The van der Waals surface area contributed by atoms with Crippen LogP contribution in [-0.4, -0.2) is 5.78 Å². The number of aryl methyl sites for hydroxylation is 1. The highest BCUT2D eigenvalue weighted by Crippen LogP contribution is 2.16. The molecule has 3 nitrogen and oxygen atoms in total. The van der Waals surface area contributed by atoms with Crippen LogP contribution in [-0.2, 0) is 6.54 Å². The molecule has 2 rings (SSSR count). The van der Waals surface area contributed by atoms with E-state index in [1.807, 2.05) is 0 Å². The van der Waals surface area contributed by atoms with Gasteiger partial charge in [0.1, 0.15) is 11.6 Å². The van der Waals surface area contributed by atoms with Crippen LogP contribution in [0.25, 0.3) is 0 Å². The molecule has 0 aliphatic carbocycles. The Balaban J connectivity index is 2.33. The third-order valence-corrected chi connectivity index (χ3v) is 2.52. The largest absolute Gasteiger partial charge is 0.456 e. The number of hydrogen-bond acceptors (Lipinski definition) is 3. The molecular weight excluding hydrogens is 221 g/mol. The first-order valence-electron chi connectivity index (χ1n) is 5.21. The van der Waals surface area contributed by atoms with E-state index in [-0.39, 0.29) is 23.7 Å². The fraction of sp³-hybridized carbons (Fsp3) is 0.154. The van der Waals surface area contributed by atoms with Crippen molar-refractivity contribution in [1.29, 1.82) is 0 Å². The van der Waals surface area contributed by atoms with Crippen molar-refractivity contribution < 1.29 is 13.6 Å². The maximum absolute atomic E-state index is 13.3. The molecule has 0 saturated heterocycles. The number of rotatable bonds is 3. The lowest BCUT2D eigenvalue weighted by atomic mass is 10.1. The Kier molecular flexibility index (Phi) is 3.06. The summed E-state index contributed by atoms with van der Waals surface area (Å²) in [5.41, 5.74) is 6.15. The van der Waals surface area contributed by atoms with Gasteiger partial charge in [0.15, 0.2) is 5.76 Å². The smallest absolute Gasteiger partial charge is 0.228 e. The molecule has 2 aromatic rings. The summed E-state index contributed by atoms with van der Waals surface area (Å²) >= 11 is 0. The summed E-state index contributed by atoms with van der Waals surface area (Å²) < 4.78 is 18.5. The zero-order valence-electron chi connectivity index (χ0n) is 9.37. The molecule has 88 valence electrons. The van der Waals surface area contributed by atoms with Gasteiger partial charge in [0.2, 0.25) is 5.78 Å². The summed E-state index contributed by atoms with van der Waals surface area (Å²) in [7, 11) is 0. The van der Waals surface area contributed by atoms with Gasteiger partial charge in [0, 0.05) is 5.56 Å². The molecule has 4 heteroatoms. The van der Waals surface area contributed by atoms with Gasteiger partial charge in [0.05, 0.1) is 6.54 Å². The van der Waals surface area contributed by atoms with Crippen molar-refractivity contribution in [3.63, 3.8) is 0 Å². The molecule has 0 aliphatic rings. The molecule has 0 unspecified atom stereocenters. The summed E-state index contributed by atoms with van der Waals surface area (Å²) in [6, 6.07) is 7.53. The van der Waals surface area contributed by atoms with Crippen molar-refractivity contribution in [2.75, 3.05) is 0 Å². The lowest BCUT2D eigenvalue weighted by Crippen LogP contribution is -2.01. The maximum atomic E-state index is 13.3. The van der Waals surface area contributed by atoms with Crippen molar-refractivity contribution in [3.05, 3.63) is 58.8 Å². The van der Waals surface area contributed by atoms with Crippen LogP contribution in [0.5, 0.6) is 0 Å². The average Bonchev–Trinajstić information content (AvgIpc) is 2.80. The highest BCUT2D eigenvalue weighted by molar-refractivity contribution is 6.07. The SMILES string of the molecule is Cc1ccc(C(=O)c2ccc(CN)o2)cc1F. The fourth-order valence-corrected chi connectivity index (χ4v) is 1.49. The topological polar surface area (TPSA) is 56.2 Å². The van der Waals surface area contributed by atoms with Crippen LogP contribution >= 0.6 is 0 Å². The number of benzene rings is 1. The number of halogens is 1. The van der Waals surface area contributed by atoms with Gasteiger partial charge in [0.25, 0.3) is 0 Å². The standard InChI is InChI=1S/C13H12FNO2/c1-8-2-3-9(6-11(8)14)13(16)12-5-4-10(7-15)17-12/h2-6H,7,15H2,1H3. The van der Waals surface area contributed by atoms with E-state index in [1.54, 1.807) is 31.2 Å². The first-order valence-corrected chi connectivity index (χ1v) is 5.21. The summed E-state index contributed by atoms with van der Waals surface area (Å²) in [6.45, 7) is 1.87. The first-order chi connectivity index (χ1) is 8.11. The molecule has 0 spiro atoms. The van der Waals surface area contributed by atoms with Crippen LogP contribution in [0.15, 0.2) is 34.7 Å². The Morgan fingerprint density at radius 3 is 2.71 bits per heavy atom. The third kappa shape index (κ3) is 2.26. The lowest BCUT2D eigenvalue weighted by molar-refractivity contribution is 0.101. The van der Waals surface area contributed by atoms with E-state index in [9.17, 15) is 9.18 Å². The Labute approximate surface area is 98.0 Å². The normalized spacial score (nSPS) is 10.5. The predicted octanol–water partition coefficient (Wildman–Crippen LogP) is 2.42. The van der Waals surface area contributed by atoms with Crippen LogP contribution in [0.3, 0.4) is 0 Å². The molecule has 1 aromatic carbocycles. The van der Waals surface area contributed by atoms with E-state index in [1.165, 1.54) is 6.07 Å². The predicted molar refractivity (Wildman–Crippen MR) is 61.2 cm³/mol. The molecule has 0 bridgehead atoms. The number of ketones is 1. The third-order valence-electron chi connectivity index (χ3n) is 2.52. The minimum absolute atomic E-state index is 0.175. The van der Waals surface area contributed by atoms with Gasteiger partial charge in [-0.25, -0.2) is 4.39 Å². The maximum Gasteiger partial charge on any atom is 0.228 e. The van der Waals surface area contributed by atoms with Crippen molar-refractivity contribution in [3.8, 4) is 0 Å². The highest BCUT2D eigenvalue weighted by atomic mass is 19.1. The molecule has 0 atom stereocenters. The average molecular weight is 233 g/mol. The van der Waals surface area contributed by atoms with Gasteiger partial charge in [-0.3, -0.25) is 4.79 Å². The molecule has 0 radical (unpaired) electrons. The van der Waals surface area contributed by atoms with Crippen molar-refractivity contribution in [1.82, 2.24) is 0 Å². The second-order valence-corrected chi connectivity index (χ2v) is 3.76. The zero-order valence-corrected chi connectivity index (χ0v) is 9.37. The molecule has 17 heavy (non-hydrogen) atoms. The molecule has 0 fully saturated rings. The Bertz CT molecular complexity index is 560. The van der Waals surface area contributed by atoms with Gasteiger partial charge < -0.3 is 10.2 Å². The van der Waals surface area contributed by atoms with E-state index in [4.69, 9.17) is 10.2 Å². The quantitative estimate of drug-likeness (QED) is 0.828. The minimum atomic E-state index is -0.401. The Morgan fingerprint density at radius 1 is 1.35 bits per heavy atom. The molecule has 0 saturated carbocycles. The minimum Gasteiger partial charge on any atom is -0.456 e. The molecule has 0 amide bonds. The van der Waals surface area contributed by atoms with E-state index in [2.05, 4.69) is 0 Å². The van der Waals surface area contributed by atoms with Crippen molar-refractivity contribution >= 4 is 5.78 Å². The van der Waals surface area contributed by atoms with E-state index in [0.29, 0.717) is 11.3 Å². The Hall–Kier alpha value is -1.94. The summed E-state index contributed by atoms with van der Waals surface area (Å²) in [5.74, 6) is -0.0420. The summed E-state index contributed by atoms with van der Waals surface area (Å²) in [6.07, 6.45) is 0. The van der Waals surface area contributed by atoms with Gasteiger partial charge >= 0.3 is 0 Å². The molecule has 2 N–H and O–H groups in total. The molecular formula is C13H12FNO2. The van der Waals surface area contributed by atoms with E-state index >= 15 is 0 Å². The number of carbonyl (C=O) groups excluding carboxylic acids is 1. The number of carbonyl (C=O) groups is 1. The molecule has 0 aliphatic heterocycles. The van der Waals surface area contributed by atoms with E-state index in [0.717, 1.165) is 0 Å². The second kappa shape index (κ2) is 4.51. The van der Waals surface area contributed by atoms with Crippen LogP contribution in [0.2, 0.25) is 0 Å². The van der Waals surface area contributed by atoms with Gasteiger partial charge in [-0.2, -0.15) is 0 Å². The second-order valence-electron chi connectivity index (χ2n) is 3.76. The fourth-order valence-electron chi connectivity index (χ4n) is 1.49. The van der Waals surface area contributed by atoms with Crippen LogP contribution in [0.4, 0.5) is 4.39 Å². The van der Waals surface area contributed by atoms with Gasteiger partial charge in [-0.15, -0.1) is 0 Å². The van der Waals surface area contributed by atoms with Crippen molar-refractivity contribution in [2.24, 2.45) is 5.73 Å². The van der Waals surface area contributed by atoms with E-state index < -0.39 is 5.82 Å². The van der Waals surface area contributed by atoms with Gasteiger partial charge in [-0.1, -0.05) is 12.1 Å². The monoisotopic (exact) mass is 233 g/mol. The highest BCUT2D eigenvalue weighted by Gasteiger charge is 2.14. The number of nitrogens with two attached hydrogens (primary N) is 1. The van der Waals surface area contributed by atoms with Crippen LogP contribution < -0.4 is 5.73 Å².